The fraction of sp³-hybridized carbons (Fsp3) is 0.542. The molecule has 1 aliphatic rings. The number of ether oxygens (including phenoxy) is 1. The molecule has 11 heteroatoms. The molecule has 1 unspecified atom stereocenters. The minimum absolute atomic E-state index is 0.0958. The van der Waals surface area contributed by atoms with E-state index in [1.807, 2.05) is 13.8 Å². The summed E-state index contributed by atoms with van der Waals surface area (Å²) in [5.41, 5.74) is 1.71. The topological polar surface area (TPSA) is 122 Å². The van der Waals surface area contributed by atoms with E-state index in [2.05, 4.69) is 26.8 Å². The summed E-state index contributed by atoms with van der Waals surface area (Å²) >= 11 is 0. The highest BCUT2D eigenvalue weighted by Gasteiger charge is 2.23. The minimum atomic E-state index is -3.76. The number of fused-ring (bicyclic) bond motifs is 1. The average molecular weight is 503 g/mol. The molecule has 190 valence electrons. The van der Waals surface area contributed by atoms with Crippen molar-refractivity contribution in [3.8, 4) is 17.1 Å². The van der Waals surface area contributed by atoms with Gasteiger partial charge in [0.15, 0.2) is 5.52 Å². The van der Waals surface area contributed by atoms with E-state index in [4.69, 9.17) is 9.72 Å². The number of aromatic amines is 1. The van der Waals surface area contributed by atoms with E-state index < -0.39 is 10.0 Å². The van der Waals surface area contributed by atoms with Crippen LogP contribution in [0.4, 0.5) is 0 Å². The summed E-state index contributed by atoms with van der Waals surface area (Å²) in [6.45, 7) is 5.67. The first-order valence-electron chi connectivity index (χ1n) is 12.2. The molecule has 2 N–H and O–H groups in total. The smallest absolute Gasteiger partial charge is 0.277 e. The third-order valence-electron chi connectivity index (χ3n) is 6.51. The first-order valence-corrected chi connectivity index (χ1v) is 13.7. The van der Waals surface area contributed by atoms with Gasteiger partial charge in [0.1, 0.15) is 17.1 Å². The Morgan fingerprint density at radius 1 is 1.26 bits per heavy atom. The molecule has 1 aromatic carbocycles. The SMILES string of the molecule is CCCc1nn(C)c2c(=O)[nH]c(-c3cc(S(=O)(=O)NCCC4CCCN4C)ccc3OCC)nc12. The molecular formula is C24H34N6O4S. The molecule has 0 amide bonds. The highest BCUT2D eigenvalue weighted by Crippen LogP contribution is 2.31. The van der Waals surface area contributed by atoms with E-state index in [0.29, 0.717) is 48.0 Å². The van der Waals surface area contributed by atoms with Gasteiger partial charge in [-0.3, -0.25) is 9.48 Å². The average Bonchev–Trinajstić information content (AvgIpc) is 3.37. The molecular weight excluding hydrogens is 468 g/mol. The highest BCUT2D eigenvalue weighted by atomic mass is 32.2. The van der Waals surface area contributed by atoms with Crippen LogP contribution in [-0.2, 0) is 23.5 Å². The van der Waals surface area contributed by atoms with Crippen molar-refractivity contribution in [3.63, 3.8) is 0 Å². The number of aryl methyl sites for hydroxylation is 2. The molecule has 35 heavy (non-hydrogen) atoms. The molecule has 0 saturated carbocycles. The zero-order valence-electron chi connectivity index (χ0n) is 20.8. The fourth-order valence-electron chi connectivity index (χ4n) is 4.71. The van der Waals surface area contributed by atoms with Crippen molar-refractivity contribution in [2.45, 2.75) is 56.9 Å². The summed E-state index contributed by atoms with van der Waals surface area (Å²) < 4.78 is 36.2. The first-order chi connectivity index (χ1) is 16.7. The molecule has 10 nitrogen and oxygen atoms in total. The van der Waals surface area contributed by atoms with Gasteiger partial charge >= 0.3 is 0 Å². The van der Waals surface area contributed by atoms with E-state index in [9.17, 15) is 13.2 Å². The number of aromatic nitrogens is 4. The lowest BCUT2D eigenvalue weighted by Crippen LogP contribution is -2.31. The van der Waals surface area contributed by atoms with Gasteiger partial charge in [0, 0.05) is 19.6 Å². The second-order valence-electron chi connectivity index (χ2n) is 8.99. The van der Waals surface area contributed by atoms with E-state index in [1.54, 1.807) is 13.1 Å². The Morgan fingerprint density at radius 3 is 2.74 bits per heavy atom. The number of sulfonamides is 1. The summed E-state index contributed by atoms with van der Waals surface area (Å²) in [6, 6.07) is 5.03. The minimum Gasteiger partial charge on any atom is -0.493 e. The van der Waals surface area contributed by atoms with Crippen molar-refractivity contribution in [2.75, 3.05) is 26.7 Å². The van der Waals surface area contributed by atoms with Crippen LogP contribution in [0, 0.1) is 0 Å². The molecule has 0 aliphatic carbocycles. The predicted molar refractivity (Wildman–Crippen MR) is 135 cm³/mol. The molecule has 3 heterocycles. The van der Waals surface area contributed by atoms with Crippen molar-refractivity contribution in [2.24, 2.45) is 7.05 Å². The van der Waals surface area contributed by atoms with Crippen LogP contribution in [0.25, 0.3) is 22.4 Å². The Hall–Kier alpha value is -2.76. The van der Waals surface area contributed by atoms with Crippen LogP contribution in [0.1, 0.15) is 45.2 Å². The Balaban J connectivity index is 1.70. The van der Waals surface area contributed by atoms with Gasteiger partial charge in [-0.1, -0.05) is 13.3 Å². The summed E-state index contributed by atoms with van der Waals surface area (Å²) in [5, 5.41) is 4.46. The van der Waals surface area contributed by atoms with Crippen LogP contribution >= 0.6 is 0 Å². The van der Waals surface area contributed by atoms with E-state index in [0.717, 1.165) is 37.9 Å². The van der Waals surface area contributed by atoms with Gasteiger partial charge in [-0.25, -0.2) is 18.1 Å². The van der Waals surface area contributed by atoms with Gasteiger partial charge < -0.3 is 14.6 Å². The zero-order valence-corrected chi connectivity index (χ0v) is 21.6. The molecule has 1 saturated heterocycles. The molecule has 3 aromatic rings. The van der Waals surface area contributed by atoms with E-state index >= 15 is 0 Å². The van der Waals surface area contributed by atoms with Gasteiger partial charge in [0.2, 0.25) is 10.0 Å². The lowest BCUT2D eigenvalue weighted by Gasteiger charge is -2.19. The van der Waals surface area contributed by atoms with Crippen LogP contribution in [0.3, 0.4) is 0 Å². The third-order valence-corrected chi connectivity index (χ3v) is 7.97. The van der Waals surface area contributed by atoms with Crippen LogP contribution in [0.15, 0.2) is 27.9 Å². The number of likely N-dealkylation sites (tertiary alicyclic amines) is 1. The zero-order chi connectivity index (χ0) is 25.2. The van der Waals surface area contributed by atoms with E-state index in [1.165, 1.54) is 16.8 Å². The maximum absolute atomic E-state index is 13.1. The molecule has 4 rings (SSSR count). The van der Waals surface area contributed by atoms with Gasteiger partial charge in [-0.05, 0) is 64.4 Å². The Kier molecular flexibility index (Phi) is 7.58. The first kappa shape index (κ1) is 25.3. The largest absolute Gasteiger partial charge is 0.493 e. The molecule has 2 aromatic heterocycles. The summed E-state index contributed by atoms with van der Waals surface area (Å²) in [7, 11) is 0.0300. The number of hydrogen-bond acceptors (Lipinski definition) is 7. The number of H-pyrrole nitrogens is 1. The standard InChI is InChI=1S/C24H34N6O4S/c1-5-8-19-21-22(30(4)28-19)24(31)27-23(26-21)18-15-17(10-11-20(18)34-6-2)35(32,33)25-13-12-16-9-7-14-29(16)3/h10-11,15-16,25H,5-9,12-14H2,1-4H3,(H,26,27,31). The lowest BCUT2D eigenvalue weighted by atomic mass is 10.1. The maximum Gasteiger partial charge on any atom is 0.277 e. The van der Waals surface area contributed by atoms with Crippen molar-refractivity contribution < 1.29 is 13.2 Å². The number of nitrogens with one attached hydrogen (secondary N) is 2. The normalized spacial score (nSPS) is 16.9. The van der Waals surface area contributed by atoms with Crippen LogP contribution < -0.4 is 15.0 Å². The van der Waals surface area contributed by atoms with Crippen molar-refractivity contribution in [3.05, 3.63) is 34.2 Å². The van der Waals surface area contributed by atoms with Gasteiger partial charge in [0.05, 0.1) is 22.8 Å². The molecule has 1 atom stereocenters. The second kappa shape index (κ2) is 10.5. The van der Waals surface area contributed by atoms with Crippen molar-refractivity contribution in [1.29, 1.82) is 0 Å². The monoisotopic (exact) mass is 502 g/mol. The van der Waals surface area contributed by atoms with Crippen molar-refractivity contribution >= 4 is 21.1 Å². The van der Waals surface area contributed by atoms with Crippen molar-refractivity contribution in [1.82, 2.24) is 29.4 Å². The molecule has 1 fully saturated rings. The van der Waals surface area contributed by atoms with Crippen LogP contribution in [-0.4, -0.2) is 65.9 Å². The van der Waals surface area contributed by atoms with Crippen LogP contribution in [0.2, 0.25) is 0 Å². The molecule has 1 aliphatic heterocycles. The fourth-order valence-corrected chi connectivity index (χ4v) is 5.78. The molecule has 0 radical (unpaired) electrons. The quantitative estimate of drug-likeness (QED) is 0.437. The highest BCUT2D eigenvalue weighted by molar-refractivity contribution is 7.89. The van der Waals surface area contributed by atoms with E-state index in [-0.39, 0.29) is 16.3 Å². The Morgan fingerprint density at radius 2 is 2.06 bits per heavy atom. The Labute approximate surface area is 205 Å². The van der Waals surface area contributed by atoms with Gasteiger partial charge in [-0.2, -0.15) is 5.10 Å². The predicted octanol–water partition coefficient (Wildman–Crippen LogP) is 2.44. The van der Waals surface area contributed by atoms with Crippen LogP contribution in [0.5, 0.6) is 5.75 Å². The molecule has 0 bridgehead atoms. The maximum atomic E-state index is 13.1. The third kappa shape index (κ3) is 5.26. The Bertz CT molecular complexity index is 1360. The number of rotatable bonds is 10. The lowest BCUT2D eigenvalue weighted by molar-refractivity contribution is 0.297. The number of hydrogen-bond donors (Lipinski definition) is 2. The summed E-state index contributed by atoms with van der Waals surface area (Å²) in [6.07, 6.45) is 4.52. The molecule has 0 spiro atoms. The summed E-state index contributed by atoms with van der Waals surface area (Å²) in [4.78, 5) is 22.8. The van der Waals surface area contributed by atoms with Gasteiger partial charge in [0.25, 0.3) is 5.56 Å². The second-order valence-corrected chi connectivity index (χ2v) is 10.8. The number of nitrogens with zero attached hydrogens (tertiary/aromatic N) is 4. The van der Waals surface area contributed by atoms with Gasteiger partial charge in [-0.15, -0.1) is 0 Å². The number of benzene rings is 1. The summed E-state index contributed by atoms with van der Waals surface area (Å²) in [5.74, 6) is 0.698.